The number of carbonyl (C=O) groups is 1. The van der Waals surface area contributed by atoms with E-state index in [2.05, 4.69) is 10.3 Å². The van der Waals surface area contributed by atoms with Crippen molar-refractivity contribution in [3.8, 4) is 17.3 Å². The molecule has 3 aromatic rings. The van der Waals surface area contributed by atoms with Crippen LogP contribution in [0.25, 0.3) is 5.82 Å². The van der Waals surface area contributed by atoms with Crippen molar-refractivity contribution in [3.05, 3.63) is 65.6 Å². The van der Waals surface area contributed by atoms with Crippen LogP contribution in [0.5, 0.6) is 11.5 Å². The van der Waals surface area contributed by atoms with Gasteiger partial charge in [0.2, 0.25) is 0 Å². The number of hydrogen-bond acceptors (Lipinski definition) is 4. The average Bonchev–Trinajstić information content (AvgIpc) is 3.11. The van der Waals surface area contributed by atoms with Gasteiger partial charge in [0.15, 0.2) is 11.5 Å². The van der Waals surface area contributed by atoms with Crippen LogP contribution in [0.1, 0.15) is 10.5 Å². The molecule has 2 aromatic heterocycles. The summed E-state index contributed by atoms with van der Waals surface area (Å²) in [6.45, 7) is 0. The molecule has 6 nitrogen and oxygen atoms in total. The largest absolute Gasteiger partial charge is 0.493 e. The summed E-state index contributed by atoms with van der Waals surface area (Å²) in [5.74, 6) is 1.41. The third-order valence-electron chi connectivity index (χ3n) is 3.57. The van der Waals surface area contributed by atoms with Crippen LogP contribution in [-0.4, -0.2) is 29.7 Å². The Morgan fingerprint density at radius 2 is 1.88 bits per heavy atom. The summed E-state index contributed by atoms with van der Waals surface area (Å²) >= 11 is 5.93. The smallest absolute Gasteiger partial charge is 0.272 e. The number of rotatable bonds is 5. The second-order valence-corrected chi connectivity index (χ2v) is 5.49. The lowest BCUT2D eigenvalue weighted by Crippen LogP contribution is -2.16. The number of nitrogens with zero attached hydrogens (tertiary/aromatic N) is 2. The normalized spacial score (nSPS) is 10.4. The van der Waals surface area contributed by atoms with Crippen LogP contribution in [0.4, 0.5) is 5.69 Å². The van der Waals surface area contributed by atoms with E-state index in [1.54, 1.807) is 73.5 Å². The van der Waals surface area contributed by atoms with Gasteiger partial charge in [-0.15, -0.1) is 0 Å². The maximum absolute atomic E-state index is 12.6. The van der Waals surface area contributed by atoms with Crippen molar-refractivity contribution < 1.29 is 14.3 Å². The molecule has 0 atom stereocenters. The Kier molecular flexibility index (Phi) is 4.90. The maximum atomic E-state index is 12.6. The van der Waals surface area contributed by atoms with Gasteiger partial charge in [-0.2, -0.15) is 0 Å². The molecule has 0 aliphatic heterocycles. The number of anilines is 1. The van der Waals surface area contributed by atoms with E-state index in [0.717, 1.165) is 0 Å². The first kappa shape index (κ1) is 16.9. The minimum absolute atomic E-state index is 0.279. The summed E-state index contributed by atoms with van der Waals surface area (Å²) in [4.78, 5) is 16.9. The molecular weight excluding hydrogens is 342 g/mol. The molecule has 1 N–H and O–H groups in total. The molecule has 7 heteroatoms. The highest BCUT2D eigenvalue weighted by Crippen LogP contribution is 2.30. The van der Waals surface area contributed by atoms with Gasteiger partial charge >= 0.3 is 0 Å². The van der Waals surface area contributed by atoms with Crippen LogP contribution in [0, 0.1) is 0 Å². The predicted octanol–water partition coefficient (Wildman–Crippen LogP) is 3.80. The molecule has 0 aliphatic carbocycles. The first-order chi connectivity index (χ1) is 12.1. The third kappa shape index (κ3) is 3.59. The van der Waals surface area contributed by atoms with Gasteiger partial charge in [0, 0.05) is 18.0 Å². The van der Waals surface area contributed by atoms with Gasteiger partial charge in [0.05, 0.1) is 14.2 Å². The van der Waals surface area contributed by atoms with Crippen LogP contribution in [0.3, 0.4) is 0 Å². The highest BCUT2D eigenvalue weighted by Gasteiger charge is 2.14. The van der Waals surface area contributed by atoms with Crippen molar-refractivity contribution in [1.29, 1.82) is 0 Å². The quantitative estimate of drug-likeness (QED) is 0.705. The lowest BCUT2D eigenvalue weighted by molar-refractivity contribution is 0.102. The van der Waals surface area contributed by atoms with E-state index in [-0.39, 0.29) is 5.91 Å². The van der Waals surface area contributed by atoms with E-state index < -0.39 is 0 Å². The summed E-state index contributed by atoms with van der Waals surface area (Å²) in [5, 5.41) is 3.20. The molecule has 0 radical (unpaired) electrons. The van der Waals surface area contributed by atoms with Gasteiger partial charge < -0.3 is 14.8 Å². The second-order valence-electron chi connectivity index (χ2n) is 5.11. The third-order valence-corrected chi connectivity index (χ3v) is 3.78. The number of carbonyl (C=O) groups excluding carboxylic acids is 1. The van der Waals surface area contributed by atoms with Gasteiger partial charge in [0.25, 0.3) is 5.91 Å². The Hall–Kier alpha value is -2.99. The van der Waals surface area contributed by atoms with Gasteiger partial charge in [-0.05, 0) is 36.4 Å². The number of benzene rings is 1. The second kappa shape index (κ2) is 7.27. The van der Waals surface area contributed by atoms with Gasteiger partial charge in [-0.25, -0.2) is 4.98 Å². The summed E-state index contributed by atoms with van der Waals surface area (Å²) < 4.78 is 12.1. The van der Waals surface area contributed by atoms with E-state index >= 15 is 0 Å². The van der Waals surface area contributed by atoms with E-state index in [1.807, 2.05) is 0 Å². The summed E-state index contributed by atoms with van der Waals surface area (Å²) in [6.07, 6.45) is 1.75. The Balaban J connectivity index is 1.87. The summed E-state index contributed by atoms with van der Waals surface area (Å²) in [7, 11) is 3.10. The molecule has 0 aliphatic rings. The van der Waals surface area contributed by atoms with Crippen molar-refractivity contribution in [3.63, 3.8) is 0 Å². The van der Waals surface area contributed by atoms with Crippen molar-refractivity contribution in [2.75, 3.05) is 19.5 Å². The standard InChI is InChI=1S/C18H16ClN3O3/c1-24-14-9-8-12(11-15(14)25-2)20-18(23)13-5-4-10-22(13)17-7-3-6-16(19)21-17/h3-11H,1-2H3,(H,20,23). The lowest BCUT2D eigenvalue weighted by atomic mass is 10.2. The minimum atomic E-state index is -0.279. The fourth-order valence-electron chi connectivity index (χ4n) is 2.41. The number of aromatic nitrogens is 2. The minimum Gasteiger partial charge on any atom is -0.493 e. The van der Waals surface area contributed by atoms with Crippen molar-refractivity contribution in [2.24, 2.45) is 0 Å². The van der Waals surface area contributed by atoms with E-state index in [9.17, 15) is 4.79 Å². The lowest BCUT2D eigenvalue weighted by Gasteiger charge is -2.12. The average molecular weight is 358 g/mol. The number of nitrogens with one attached hydrogen (secondary N) is 1. The fourth-order valence-corrected chi connectivity index (χ4v) is 2.57. The SMILES string of the molecule is COc1ccc(NC(=O)c2cccn2-c2cccc(Cl)n2)cc1OC. The van der Waals surface area contributed by atoms with Crippen molar-refractivity contribution >= 4 is 23.2 Å². The Morgan fingerprint density at radius 1 is 1.08 bits per heavy atom. The molecule has 25 heavy (non-hydrogen) atoms. The van der Waals surface area contributed by atoms with Crippen LogP contribution < -0.4 is 14.8 Å². The Morgan fingerprint density at radius 3 is 2.60 bits per heavy atom. The van der Waals surface area contributed by atoms with Crippen LogP contribution in [0.15, 0.2) is 54.7 Å². The van der Waals surface area contributed by atoms with Gasteiger partial charge in [-0.3, -0.25) is 9.36 Å². The van der Waals surface area contributed by atoms with E-state index in [0.29, 0.717) is 33.9 Å². The fraction of sp³-hybridized carbons (Fsp3) is 0.111. The van der Waals surface area contributed by atoms with Crippen LogP contribution in [0.2, 0.25) is 5.15 Å². The Bertz CT molecular complexity index is 908. The van der Waals surface area contributed by atoms with Crippen molar-refractivity contribution in [1.82, 2.24) is 9.55 Å². The molecule has 0 spiro atoms. The first-order valence-corrected chi connectivity index (χ1v) is 7.84. The van der Waals surface area contributed by atoms with Crippen LogP contribution >= 0.6 is 11.6 Å². The molecule has 1 amide bonds. The summed E-state index contributed by atoms with van der Waals surface area (Å²) in [6, 6.07) is 13.9. The highest BCUT2D eigenvalue weighted by molar-refractivity contribution is 6.29. The zero-order valence-electron chi connectivity index (χ0n) is 13.7. The predicted molar refractivity (Wildman–Crippen MR) is 96.1 cm³/mol. The number of pyridine rings is 1. The zero-order valence-corrected chi connectivity index (χ0v) is 14.4. The number of ether oxygens (including phenoxy) is 2. The molecule has 0 fully saturated rings. The topological polar surface area (TPSA) is 65.4 Å². The maximum Gasteiger partial charge on any atom is 0.272 e. The molecule has 128 valence electrons. The molecule has 2 heterocycles. The molecule has 0 saturated heterocycles. The van der Waals surface area contributed by atoms with Crippen molar-refractivity contribution in [2.45, 2.75) is 0 Å². The molecule has 3 rings (SSSR count). The molecule has 0 saturated carbocycles. The Labute approximate surface area is 150 Å². The number of amides is 1. The monoisotopic (exact) mass is 357 g/mol. The summed E-state index contributed by atoms with van der Waals surface area (Å²) in [5.41, 5.74) is 1.03. The van der Waals surface area contributed by atoms with Crippen LogP contribution in [-0.2, 0) is 0 Å². The van der Waals surface area contributed by atoms with Gasteiger partial charge in [0.1, 0.15) is 16.7 Å². The molecular formula is C18H16ClN3O3. The van der Waals surface area contributed by atoms with E-state index in [4.69, 9.17) is 21.1 Å². The van der Waals surface area contributed by atoms with E-state index in [1.165, 1.54) is 0 Å². The number of halogens is 1. The van der Waals surface area contributed by atoms with Gasteiger partial charge in [-0.1, -0.05) is 17.7 Å². The zero-order chi connectivity index (χ0) is 17.8. The highest BCUT2D eigenvalue weighted by atomic mass is 35.5. The molecule has 0 unspecified atom stereocenters. The molecule has 1 aromatic carbocycles. The number of hydrogen-bond donors (Lipinski definition) is 1. The first-order valence-electron chi connectivity index (χ1n) is 7.46. The number of methoxy groups -OCH3 is 2. The molecule has 0 bridgehead atoms.